The summed E-state index contributed by atoms with van der Waals surface area (Å²) in [6.07, 6.45) is 4.63. The minimum absolute atomic E-state index is 0.288. The van der Waals surface area contributed by atoms with Crippen LogP contribution in [0.15, 0.2) is 59.8 Å². The lowest BCUT2D eigenvalue weighted by atomic mass is 10.2. The van der Waals surface area contributed by atoms with E-state index in [1.54, 1.807) is 18.2 Å². The summed E-state index contributed by atoms with van der Waals surface area (Å²) in [7, 11) is 0. The van der Waals surface area contributed by atoms with Gasteiger partial charge in [0.2, 0.25) is 0 Å². The number of thiocarbonyl (C=S) groups is 1. The molecule has 9 heteroatoms. The monoisotopic (exact) mass is 398 g/mol. The maximum absolute atomic E-state index is 12.5. The second-order valence-corrected chi connectivity index (χ2v) is 7.10. The Morgan fingerprint density at radius 1 is 1.15 bits per heavy atom. The second-order valence-electron chi connectivity index (χ2n) is 5.42. The normalized spacial score (nSPS) is 15.1. The molecule has 0 unspecified atom stereocenters. The summed E-state index contributed by atoms with van der Waals surface area (Å²) in [5.41, 5.74) is 5.70. The van der Waals surface area contributed by atoms with Crippen LogP contribution in [0.3, 0.4) is 0 Å². The Bertz CT molecular complexity index is 917. The molecule has 27 heavy (non-hydrogen) atoms. The van der Waals surface area contributed by atoms with Gasteiger partial charge in [-0.1, -0.05) is 54.3 Å². The zero-order chi connectivity index (χ0) is 19.2. The summed E-state index contributed by atoms with van der Waals surface area (Å²) >= 11 is 6.33. The second kappa shape index (κ2) is 8.56. The summed E-state index contributed by atoms with van der Waals surface area (Å²) < 4.78 is 0.288. The van der Waals surface area contributed by atoms with E-state index in [9.17, 15) is 14.4 Å². The predicted molar refractivity (Wildman–Crippen MR) is 106 cm³/mol. The first kappa shape index (κ1) is 18.7. The quantitative estimate of drug-likeness (QED) is 0.463. The van der Waals surface area contributed by atoms with Crippen molar-refractivity contribution >= 4 is 52.1 Å². The largest absolute Gasteiger partial charge is 0.283 e. The van der Waals surface area contributed by atoms with Crippen LogP contribution in [0.5, 0.6) is 0 Å². The summed E-state index contributed by atoms with van der Waals surface area (Å²) in [4.78, 5) is 41.9. The molecule has 1 aromatic heterocycles. The molecule has 0 saturated carbocycles. The van der Waals surface area contributed by atoms with Gasteiger partial charge in [-0.25, -0.2) is 0 Å². The zero-order valence-corrected chi connectivity index (χ0v) is 15.5. The first-order valence-corrected chi connectivity index (χ1v) is 9.06. The molecule has 1 aromatic carbocycles. The molecule has 2 N–H and O–H groups in total. The topological polar surface area (TPSA) is 91.4 Å². The van der Waals surface area contributed by atoms with E-state index in [1.807, 2.05) is 30.3 Å². The molecule has 0 radical (unpaired) electrons. The number of benzene rings is 1. The van der Waals surface area contributed by atoms with Gasteiger partial charge >= 0.3 is 0 Å². The summed E-state index contributed by atoms with van der Waals surface area (Å²) in [5.74, 6) is -1.42. The first-order valence-electron chi connectivity index (χ1n) is 7.84. The Morgan fingerprint density at radius 2 is 1.93 bits per heavy atom. The van der Waals surface area contributed by atoms with Crippen LogP contribution in [0.25, 0.3) is 6.08 Å². The van der Waals surface area contributed by atoms with E-state index in [2.05, 4.69) is 15.8 Å². The van der Waals surface area contributed by atoms with Gasteiger partial charge in [-0.15, -0.1) is 0 Å². The van der Waals surface area contributed by atoms with Gasteiger partial charge in [0.25, 0.3) is 17.7 Å². The zero-order valence-electron chi connectivity index (χ0n) is 13.9. The van der Waals surface area contributed by atoms with Gasteiger partial charge in [0.15, 0.2) is 0 Å². The lowest BCUT2D eigenvalue weighted by molar-refractivity contribution is -0.129. The molecular formula is C18H14N4O3S2. The average Bonchev–Trinajstić information content (AvgIpc) is 2.95. The van der Waals surface area contributed by atoms with Gasteiger partial charge in [-0.05, 0) is 23.8 Å². The van der Waals surface area contributed by atoms with Gasteiger partial charge in [0.1, 0.15) is 10.9 Å². The van der Waals surface area contributed by atoms with Crippen molar-refractivity contribution in [3.05, 3.63) is 70.9 Å². The Morgan fingerprint density at radius 3 is 2.63 bits per heavy atom. The molecule has 136 valence electrons. The van der Waals surface area contributed by atoms with Crippen molar-refractivity contribution in [2.45, 2.75) is 0 Å². The van der Waals surface area contributed by atoms with E-state index in [0.29, 0.717) is 10.5 Å². The molecule has 2 aromatic rings. The van der Waals surface area contributed by atoms with Gasteiger partial charge in [0, 0.05) is 12.4 Å². The van der Waals surface area contributed by atoms with Gasteiger partial charge in [-0.2, -0.15) is 0 Å². The molecule has 0 bridgehead atoms. The molecule has 1 fully saturated rings. The molecule has 1 aliphatic heterocycles. The summed E-state index contributed by atoms with van der Waals surface area (Å²) in [5, 5.41) is 0. The van der Waals surface area contributed by atoms with Gasteiger partial charge in [0.05, 0.1) is 10.5 Å². The van der Waals surface area contributed by atoms with Crippen molar-refractivity contribution in [2.24, 2.45) is 0 Å². The Balaban J connectivity index is 1.58. The Labute approximate surface area is 164 Å². The molecule has 0 aliphatic carbocycles. The minimum atomic E-state index is -0.565. The van der Waals surface area contributed by atoms with Crippen molar-refractivity contribution in [1.82, 2.24) is 20.7 Å². The van der Waals surface area contributed by atoms with Crippen LogP contribution in [0.1, 0.15) is 15.9 Å². The highest BCUT2D eigenvalue weighted by Crippen LogP contribution is 2.32. The number of hydrogen-bond acceptors (Lipinski definition) is 6. The number of rotatable bonds is 4. The lowest BCUT2D eigenvalue weighted by Crippen LogP contribution is -2.47. The number of carbonyl (C=O) groups is 3. The standard InChI is InChI=1S/C18H14N4O3S2/c23-15(20-21-16(24)13-7-4-8-19-10-13)11-22-17(25)14(27-18(22)26)9-12-5-2-1-3-6-12/h1-10H,11H2,(H,20,23)(H,21,24)/b14-9-. The average molecular weight is 398 g/mol. The van der Waals surface area contributed by atoms with Crippen molar-refractivity contribution in [2.75, 3.05) is 6.54 Å². The highest BCUT2D eigenvalue weighted by molar-refractivity contribution is 8.26. The molecule has 1 aliphatic rings. The molecular weight excluding hydrogens is 384 g/mol. The fourth-order valence-electron chi connectivity index (χ4n) is 2.22. The maximum Gasteiger partial charge on any atom is 0.271 e. The number of hydrogen-bond donors (Lipinski definition) is 2. The van der Waals surface area contributed by atoms with Crippen LogP contribution >= 0.6 is 24.0 Å². The number of nitrogens with zero attached hydrogens (tertiary/aromatic N) is 2. The number of thioether (sulfide) groups is 1. The highest BCUT2D eigenvalue weighted by atomic mass is 32.2. The molecule has 3 amide bonds. The van der Waals surface area contributed by atoms with Crippen molar-refractivity contribution in [1.29, 1.82) is 0 Å². The van der Waals surface area contributed by atoms with Crippen LogP contribution in [0.4, 0.5) is 0 Å². The van der Waals surface area contributed by atoms with Crippen LogP contribution in [-0.4, -0.2) is 38.5 Å². The van der Waals surface area contributed by atoms with Crippen LogP contribution < -0.4 is 10.9 Å². The van der Waals surface area contributed by atoms with Gasteiger partial charge in [-0.3, -0.25) is 35.1 Å². The maximum atomic E-state index is 12.5. The Hall–Kier alpha value is -3.04. The molecule has 2 heterocycles. The number of hydrazine groups is 1. The third kappa shape index (κ3) is 4.78. The number of nitrogens with one attached hydrogen (secondary N) is 2. The van der Waals surface area contributed by atoms with Crippen molar-refractivity contribution in [3.63, 3.8) is 0 Å². The molecule has 1 saturated heterocycles. The summed E-state index contributed by atoms with van der Waals surface area (Å²) in [6.45, 7) is -0.288. The number of aromatic nitrogens is 1. The van der Waals surface area contributed by atoms with Crippen LogP contribution in [0.2, 0.25) is 0 Å². The Kier molecular flexibility index (Phi) is 5.94. The van der Waals surface area contributed by atoms with Crippen LogP contribution in [-0.2, 0) is 9.59 Å². The van der Waals surface area contributed by atoms with E-state index in [4.69, 9.17) is 12.2 Å². The van der Waals surface area contributed by atoms with E-state index in [0.717, 1.165) is 17.3 Å². The first-order chi connectivity index (χ1) is 13.0. The van der Waals surface area contributed by atoms with E-state index >= 15 is 0 Å². The SMILES string of the molecule is O=C(CN1C(=O)/C(=C/c2ccccc2)SC1=S)NNC(=O)c1cccnc1. The molecule has 0 spiro atoms. The van der Waals surface area contributed by atoms with Crippen molar-refractivity contribution < 1.29 is 14.4 Å². The van der Waals surface area contributed by atoms with Crippen LogP contribution in [0, 0.1) is 0 Å². The van der Waals surface area contributed by atoms with E-state index in [1.165, 1.54) is 17.3 Å². The molecule has 0 atom stereocenters. The number of amides is 3. The number of carbonyl (C=O) groups excluding carboxylic acids is 3. The lowest BCUT2D eigenvalue weighted by Gasteiger charge is -2.14. The fourth-order valence-corrected chi connectivity index (χ4v) is 3.47. The third-order valence-electron chi connectivity index (χ3n) is 3.51. The van der Waals surface area contributed by atoms with E-state index < -0.39 is 11.8 Å². The molecule has 7 nitrogen and oxygen atoms in total. The highest BCUT2D eigenvalue weighted by Gasteiger charge is 2.33. The van der Waals surface area contributed by atoms with Gasteiger partial charge < -0.3 is 0 Å². The van der Waals surface area contributed by atoms with E-state index in [-0.39, 0.29) is 16.8 Å². The third-order valence-corrected chi connectivity index (χ3v) is 4.89. The minimum Gasteiger partial charge on any atom is -0.283 e. The molecule has 3 rings (SSSR count). The van der Waals surface area contributed by atoms with Crippen molar-refractivity contribution in [3.8, 4) is 0 Å². The fraction of sp³-hybridized carbons (Fsp3) is 0.0556. The predicted octanol–water partition coefficient (Wildman–Crippen LogP) is 1.74. The summed E-state index contributed by atoms with van der Waals surface area (Å²) in [6, 6.07) is 12.5. The number of pyridine rings is 1. The smallest absolute Gasteiger partial charge is 0.271 e.